The van der Waals surface area contributed by atoms with Crippen LogP contribution in [0.4, 0.5) is 8.78 Å². The summed E-state index contributed by atoms with van der Waals surface area (Å²) >= 11 is 0. The Labute approximate surface area is 110 Å². The molecule has 0 spiro atoms. The van der Waals surface area contributed by atoms with Crippen LogP contribution in [0.2, 0.25) is 0 Å². The van der Waals surface area contributed by atoms with Crippen molar-refractivity contribution in [3.05, 3.63) is 46.5 Å². The van der Waals surface area contributed by atoms with Crippen LogP contribution in [0.25, 0.3) is 0 Å². The zero-order valence-corrected chi connectivity index (χ0v) is 11.0. The van der Waals surface area contributed by atoms with E-state index in [9.17, 15) is 13.6 Å². The molecule has 5 heteroatoms. The molecule has 1 aromatic carbocycles. The Hall–Kier alpha value is -1.75. The number of amides is 1. The Kier molecular flexibility index (Phi) is 3.95. The van der Waals surface area contributed by atoms with Crippen LogP contribution in [0, 0.1) is 11.6 Å². The van der Waals surface area contributed by atoms with Crippen molar-refractivity contribution in [2.24, 2.45) is 0 Å². The lowest BCUT2D eigenvalue weighted by Gasteiger charge is -2.24. The number of carbonyl (C=O) groups excluding carboxylic acids is 1. The van der Waals surface area contributed by atoms with Gasteiger partial charge in [0, 0.05) is 32.3 Å². The van der Waals surface area contributed by atoms with Gasteiger partial charge in [-0.25, -0.2) is 8.78 Å². The standard InChI is InChI=1S/C14H16F2N2O/c1-9(11-6-17-7-11)14(19)18(2)8-10-3-4-12(15)13(16)5-10/h3-5,17H,6-8H2,1-2H3. The highest BCUT2D eigenvalue weighted by Crippen LogP contribution is 2.14. The molecule has 1 fully saturated rings. The van der Waals surface area contributed by atoms with Crippen LogP contribution in [0.15, 0.2) is 29.3 Å². The zero-order chi connectivity index (χ0) is 14.0. The molecule has 0 unspecified atom stereocenters. The van der Waals surface area contributed by atoms with Crippen LogP contribution < -0.4 is 5.32 Å². The molecule has 0 aliphatic carbocycles. The Morgan fingerprint density at radius 1 is 1.32 bits per heavy atom. The third kappa shape index (κ3) is 2.98. The summed E-state index contributed by atoms with van der Waals surface area (Å²) in [7, 11) is 1.65. The van der Waals surface area contributed by atoms with Gasteiger partial charge in [0.15, 0.2) is 11.6 Å². The number of hydrogen-bond donors (Lipinski definition) is 1. The first-order chi connectivity index (χ1) is 8.99. The van der Waals surface area contributed by atoms with Crippen molar-refractivity contribution in [1.82, 2.24) is 10.2 Å². The van der Waals surface area contributed by atoms with Crippen molar-refractivity contribution >= 4 is 5.91 Å². The number of halogens is 2. The van der Waals surface area contributed by atoms with Crippen molar-refractivity contribution < 1.29 is 13.6 Å². The maximum absolute atomic E-state index is 13.1. The predicted molar refractivity (Wildman–Crippen MR) is 68.4 cm³/mol. The van der Waals surface area contributed by atoms with Gasteiger partial charge in [0.1, 0.15) is 0 Å². The molecule has 1 amide bonds. The highest BCUT2D eigenvalue weighted by molar-refractivity contribution is 5.93. The topological polar surface area (TPSA) is 32.3 Å². The second-order valence-corrected chi connectivity index (χ2v) is 4.74. The summed E-state index contributed by atoms with van der Waals surface area (Å²) in [5.41, 5.74) is 2.39. The van der Waals surface area contributed by atoms with Crippen LogP contribution in [0.1, 0.15) is 12.5 Å². The lowest BCUT2D eigenvalue weighted by Crippen LogP contribution is -2.38. The summed E-state index contributed by atoms with van der Waals surface area (Å²) in [5, 5.41) is 3.08. The molecule has 1 aliphatic heterocycles. The third-order valence-corrected chi connectivity index (χ3v) is 3.28. The Morgan fingerprint density at radius 2 is 2.00 bits per heavy atom. The van der Waals surface area contributed by atoms with E-state index in [1.165, 1.54) is 11.0 Å². The maximum atomic E-state index is 13.1. The van der Waals surface area contributed by atoms with Crippen molar-refractivity contribution in [2.75, 3.05) is 20.1 Å². The first-order valence-electron chi connectivity index (χ1n) is 6.07. The smallest absolute Gasteiger partial charge is 0.249 e. The van der Waals surface area contributed by atoms with Gasteiger partial charge in [-0.05, 0) is 30.2 Å². The second-order valence-electron chi connectivity index (χ2n) is 4.74. The number of nitrogens with one attached hydrogen (secondary N) is 1. The summed E-state index contributed by atoms with van der Waals surface area (Å²) in [5.74, 6) is -1.85. The van der Waals surface area contributed by atoms with E-state index in [0.717, 1.165) is 36.4 Å². The maximum Gasteiger partial charge on any atom is 0.249 e. The normalized spacial score (nSPS) is 14.0. The van der Waals surface area contributed by atoms with Crippen LogP contribution in [-0.2, 0) is 11.3 Å². The number of benzene rings is 1. The van der Waals surface area contributed by atoms with Crippen molar-refractivity contribution in [2.45, 2.75) is 13.5 Å². The molecule has 1 heterocycles. The quantitative estimate of drug-likeness (QED) is 0.847. The van der Waals surface area contributed by atoms with Crippen LogP contribution in [0.3, 0.4) is 0 Å². The first kappa shape index (κ1) is 13.7. The van der Waals surface area contributed by atoms with E-state index in [0.29, 0.717) is 5.56 Å². The van der Waals surface area contributed by atoms with Crippen LogP contribution in [-0.4, -0.2) is 30.9 Å². The molecule has 1 saturated heterocycles. The monoisotopic (exact) mass is 266 g/mol. The van der Waals surface area contributed by atoms with E-state index in [-0.39, 0.29) is 12.5 Å². The highest BCUT2D eigenvalue weighted by atomic mass is 19.2. The van der Waals surface area contributed by atoms with Crippen LogP contribution >= 0.6 is 0 Å². The number of nitrogens with zero attached hydrogens (tertiary/aromatic N) is 1. The van der Waals surface area contributed by atoms with Gasteiger partial charge in [0.2, 0.25) is 5.91 Å². The Bertz CT molecular complexity index is 534. The van der Waals surface area contributed by atoms with E-state index in [4.69, 9.17) is 0 Å². The van der Waals surface area contributed by atoms with E-state index >= 15 is 0 Å². The summed E-state index contributed by atoms with van der Waals surface area (Å²) in [6, 6.07) is 3.67. The zero-order valence-electron chi connectivity index (χ0n) is 11.0. The fourth-order valence-corrected chi connectivity index (χ4v) is 1.94. The molecule has 2 rings (SSSR count). The van der Waals surface area contributed by atoms with E-state index in [2.05, 4.69) is 5.32 Å². The lowest BCUT2D eigenvalue weighted by molar-refractivity contribution is -0.126. The molecule has 1 aliphatic rings. The van der Waals surface area contributed by atoms with Gasteiger partial charge < -0.3 is 10.2 Å². The lowest BCUT2D eigenvalue weighted by atomic mass is 10.0. The minimum absolute atomic E-state index is 0.0822. The first-order valence-corrected chi connectivity index (χ1v) is 6.07. The molecule has 0 saturated carbocycles. The average molecular weight is 266 g/mol. The molecule has 0 atom stereocenters. The fourth-order valence-electron chi connectivity index (χ4n) is 1.94. The summed E-state index contributed by atoms with van der Waals surface area (Å²) in [4.78, 5) is 13.6. The third-order valence-electron chi connectivity index (χ3n) is 3.28. The minimum atomic E-state index is -0.892. The SMILES string of the molecule is CC(C(=O)N(C)Cc1ccc(F)c(F)c1)=C1CNC1. The molecule has 0 aromatic heterocycles. The van der Waals surface area contributed by atoms with E-state index < -0.39 is 11.6 Å². The van der Waals surface area contributed by atoms with Crippen molar-refractivity contribution in [3.63, 3.8) is 0 Å². The number of rotatable bonds is 3. The number of likely N-dealkylation sites (N-methyl/N-ethyl adjacent to an activating group) is 1. The molecule has 102 valence electrons. The molecule has 0 radical (unpaired) electrons. The summed E-state index contributed by atoms with van der Waals surface area (Å²) < 4.78 is 25.9. The second kappa shape index (κ2) is 5.48. The van der Waals surface area contributed by atoms with E-state index in [1.807, 2.05) is 0 Å². The molecule has 19 heavy (non-hydrogen) atoms. The van der Waals surface area contributed by atoms with Gasteiger partial charge >= 0.3 is 0 Å². The molecule has 0 bridgehead atoms. The van der Waals surface area contributed by atoms with Gasteiger partial charge in [-0.3, -0.25) is 4.79 Å². The minimum Gasteiger partial charge on any atom is -0.338 e. The molecule has 1 aromatic rings. The highest BCUT2D eigenvalue weighted by Gasteiger charge is 2.19. The van der Waals surface area contributed by atoms with Crippen molar-refractivity contribution in [3.8, 4) is 0 Å². The molecular weight excluding hydrogens is 250 g/mol. The largest absolute Gasteiger partial charge is 0.338 e. The van der Waals surface area contributed by atoms with E-state index in [1.54, 1.807) is 14.0 Å². The van der Waals surface area contributed by atoms with Crippen LogP contribution in [0.5, 0.6) is 0 Å². The molecule has 1 N–H and O–H groups in total. The van der Waals surface area contributed by atoms with Crippen molar-refractivity contribution in [1.29, 1.82) is 0 Å². The van der Waals surface area contributed by atoms with Gasteiger partial charge in [0.25, 0.3) is 0 Å². The fraction of sp³-hybridized carbons (Fsp3) is 0.357. The molecule has 3 nitrogen and oxygen atoms in total. The van der Waals surface area contributed by atoms with Gasteiger partial charge in [-0.15, -0.1) is 0 Å². The van der Waals surface area contributed by atoms with Gasteiger partial charge in [-0.2, -0.15) is 0 Å². The molecular formula is C14H16F2N2O. The summed E-state index contributed by atoms with van der Waals surface area (Å²) in [6.07, 6.45) is 0. The predicted octanol–water partition coefficient (Wildman–Crippen LogP) is 1.84. The average Bonchev–Trinajstić information content (AvgIpc) is 2.30. The van der Waals surface area contributed by atoms with Gasteiger partial charge in [-0.1, -0.05) is 6.07 Å². The Balaban J connectivity index is 2.06. The number of hydrogen-bond acceptors (Lipinski definition) is 2. The van der Waals surface area contributed by atoms with Gasteiger partial charge in [0.05, 0.1) is 0 Å². The summed E-state index contributed by atoms with van der Waals surface area (Å²) in [6.45, 7) is 3.54. The Morgan fingerprint density at radius 3 is 2.53 bits per heavy atom. The number of carbonyl (C=O) groups is 1.